The SMILES string of the molecule is C=CCOC(=O)[C@H](CC=O)NC(=O)OC(C)(C)C. The van der Waals surface area contributed by atoms with Gasteiger partial charge in [0.25, 0.3) is 0 Å². The number of hydrogen-bond acceptors (Lipinski definition) is 5. The zero-order valence-electron chi connectivity index (χ0n) is 10.9. The Morgan fingerprint density at radius 1 is 1.39 bits per heavy atom. The quantitative estimate of drug-likeness (QED) is 0.439. The number of rotatable bonds is 6. The number of esters is 1. The molecule has 0 rings (SSSR count). The van der Waals surface area contributed by atoms with E-state index in [-0.39, 0.29) is 13.0 Å². The highest BCUT2D eigenvalue weighted by Crippen LogP contribution is 2.07. The van der Waals surface area contributed by atoms with Crippen LogP contribution in [0.15, 0.2) is 12.7 Å². The third-order valence-electron chi connectivity index (χ3n) is 1.65. The number of amides is 1. The molecule has 0 aliphatic heterocycles. The Labute approximate surface area is 106 Å². The van der Waals surface area contributed by atoms with E-state index < -0.39 is 23.7 Å². The summed E-state index contributed by atoms with van der Waals surface area (Å²) in [6.45, 7) is 8.48. The Bertz CT molecular complexity index is 319. The molecule has 0 fully saturated rings. The molecule has 102 valence electrons. The van der Waals surface area contributed by atoms with Crippen LogP contribution in [0.3, 0.4) is 0 Å². The van der Waals surface area contributed by atoms with Gasteiger partial charge in [-0.3, -0.25) is 0 Å². The summed E-state index contributed by atoms with van der Waals surface area (Å²) in [5.74, 6) is -0.701. The van der Waals surface area contributed by atoms with E-state index in [0.29, 0.717) is 6.29 Å². The van der Waals surface area contributed by atoms with Crippen LogP contribution >= 0.6 is 0 Å². The van der Waals surface area contributed by atoms with E-state index in [0.717, 1.165) is 0 Å². The summed E-state index contributed by atoms with van der Waals surface area (Å²) in [4.78, 5) is 33.4. The smallest absolute Gasteiger partial charge is 0.408 e. The zero-order valence-corrected chi connectivity index (χ0v) is 10.9. The number of ether oxygens (including phenoxy) is 2. The third-order valence-corrected chi connectivity index (χ3v) is 1.65. The van der Waals surface area contributed by atoms with Crippen molar-refractivity contribution in [2.75, 3.05) is 6.61 Å². The molecule has 0 unspecified atom stereocenters. The molecule has 18 heavy (non-hydrogen) atoms. The highest BCUT2D eigenvalue weighted by atomic mass is 16.6. The Morgan fingerprint density at radius 2 is 2.00 bits per heavy atom. The number of aldehydes is 1. The first-order valence-electron chi connectivity index (χ1n) is 5.51. The molecule has 0 aromatic heterocycles. The molecule has 1 atom stereocenters. The summed E-state index contributed by atoms with van der Waals surface area (Å²) in [5.41, 5.74) is -0.680. The van der Waals surface area contributed by atoms with Crippen LogP contribution in [0.4, 0.5) is 4.79 Å². The number of carbonyl (C=O) groups excluding carboxylic acids is 3. The van der Waals surface area contributed by atoms with Crippen LogP contribution in [0.25, 0.3) is 0 Å². The lowest BCUT2D eigenvalue weighted by atomic mass is 10.2. The molecule has 0 spiro atoms. The molecule has 1 amide bonds. The highest BCUT2D eigenvalue weighted by molar-refractivity contribution is 5.83. The minimum atomic E-state index is -1.04. The van der Waals surface area contributed by atoms with Crippen LogP contribution in [0.5, 0.6) is 0 Å². The topological polar surface area (TPSA) is 81.7 Å². The summed E-state index contributed by atoms with van der Waals surface area (Å²) in [7, 11) is 0. The van der Waals surface area contributed by atoms with E-state index >= 15 is 0 Å². The Kier molecular flexibility index (Phi) is 6.70. The minimum Gasteiger partial charge on any atom is -0.460 e. The van der Waals surface area contributed by atoms with E-state index in [1.165, 1.54) is 6.08 Å². The van der Waals surface area contributed by atoms with E-state index in [4.69, 9.17) is 9.47 Å². The molecule has 0 heterocycles. The molecule has 0 radical (unpaired) electrons. The van der Waals surface area contributed by atoms with Gasteiger partial charge in [0, 0.05) is 6.42 Å². The summed E-state index contributed by atoms with van der Waals surface area (Å²) in [6, 6.07) is -1.04. The Hall–Kier alpha value is -1.85. The second-order valence-electron chi connectivity index (χ2n) is 4.52. The van der Waals surface area contributed by atoms with Gasteiger partial charge in [0.2, 0.25) is 0 Å². The van der Waals surface area contributed by atoms with Gasteiger partial charge in [-0.2, -0.15) is 0 Å². The van der Waals surface area contributed by atoms with Crippen LogP contribution in [0.2, 0.25) is 0 Å². The number of hydrogen-bond donors (Lipinski definition) is 1. The van der Waals surface area contributed by atoms with Gasteiger partial charge in [0.15, 0.2) is 0 Å². The second-order valence-corrected chi connectivity index (χ2v) is 4.52. The van der Waals surface area contributed by atoms with Crippen molar-refractivity contribution in [1.29, 1.82) is 0 Å². The fourth-order valence-corrected chi connectivity index (χ4v) is 1.00. The lowest BCUT2D eigenvalue weighted by Crippen LogP contribution is -2.44. The van der Waals surface area contributed by atoms with Crippen molar-refractivity contribution in [1.82, 2.24) is 5.32 Å². The minimum absolute atomic E-state index is 0.0180. The molecule has 0 bridgehead atoms. The van der Waals surface area contributed by atoms with Crippen LogP contribution in [0, 0.1) is 0 Å². The molecule has 0 aliphatic rings. The van der Waals surface area contributed by atoms with Crippen molar-refractivity contribution < 1.29 is 23.9 Å². The third kappa shape index (κ3) is 7.43. The molecule has 6 heteroatoms. The monoisotopic (exact) mass is 257 g/mol. The van der Waals surface area contributed by atoms with Crippen molar-refractivity contribution in [3.8, 4) is 0 Å². The summed E-state index contributed by atoms with van der Waals surface area (Å²) in [5, 5.41) is 2.28. The molecule has 0 saturated heterocycles. The van der Waals surface area contributed by atoms with Crippen molar-refractivity contribution in [3.05, 3.63) is 12.7 Å². The standard InChI is InChI=1S/C12H19NO5/c1-5-8-17-10(15)9(6-7-14)13-11(16)18-12(2,3)4/h5,7,9H,1,6,8H2,2-4H3,(H,13,16)/t9-/m0/s1. The molecule has 0 aromatic carbocycles. The normalized spacial score (nSPS) is 12.2. The van der Waals surface area contributed by atoms with Crippen molar-refractivity contribution in [2.24, 2.45) is 0 Å². The van der Waals surface area contributed by atoms with Crippen LogP contribution in [-0.2, 0) is 19.1 Å². The largest absolute Gasteiger partial charge is 0.460 e. The van der Waals surface area contributed by atoms with Crippen molar-refractivity contribution in [2.45, 2.75) is 38.8 Å². The first-order chi connectivity index (χ1) is 8.30. The Morgan fingerprint density at radius 3 is 2.44 bits per heavy atom. The predicted octanol–water partition coefficient (Wildman–Crippen LogP) is 1.20. The maximum absolute atomic E-state index is 11.5. The zero-order chi connectivity index (χ0) is 14.2. The fraction of sp³-hybridized carbons (Fsp3) is 0.583. The van der Waals surface area contributed by atoms with Gasteiger partial charge in [0.05, 0.1) is 0 Å². The second kappa shape index (κ2) is 7.47. The summed E-state index contributed by atoms with van der Waals surface area (Å²) in [6.07, 6.45) is 0.973. The summed E-state index contributed by atoms with van der Waals surface area (Å²) < 4.78 is 9.73. The number of nitrogens with one attached hydrogen (secondary N) is 1. The maximum Gasteiger partial charge on any atom is 0.408 e. The average molecular weight is 257 g/mol. The predicted molar refractivity (Wildman–Crippen MR) is 65.0 cm³/mol. The highest BCUT2D eigenvalue weighted by Gasteiger charge is 2.24. The van der Waals surface area contributed by atoms with Gasteiger partial charge in [0.1, 0.15) is 24.5 Å². The van der Waals surface area contributed by atoms with Crippen molar-refractivity contribution >= 4 is 18.3 Å². The van der Waals surface area contributed by atoms with Crippen molar-refractivity contribution in [3.63, 3.8) is 0 Å². The lowest BCUT2D eigenvalue weighted by molar-refractivity contribution is -0.145. The average Bonchev–Trinajstić information content (AvgIpc) is 2.22. The molecule has 0 aliphatic carbocycles. The molecular formula is C12H19NO5. The van der Waals surface area contributed by atoms with Crippen LogP contribution < -0.4 is 5.32 Å². The molecule has 1 N–H and O–H groups in total. The Balaban J connectivity index is 4.42. The molecular weight excluding hydrogens is 238 g/mol. The van der Waals surface area contributed by atoms with Gasteiger partial charge < -0.3 is 19.6 Å². The van der Waals surface area contributed by atoms with E-state index in [1.54, 1.807) is 20.8 Å². The van der Waals surface area contributed by atoms with Gasteiger partial charge in [-0.05, 0) is 20.8 Å². The molecule has 0 aromatic rings. The molecule has 6 nitrogen and oxygen atoms in total. The number of alkyl carbamates (subject to hydrolysis) is 1. The number of carbonyl (C=O) groups is 3. The first-order valence-corrected chi connectivity index (χ1v) is 5.51. The lowest BCUT2D eigenvalue weighted by Gasteiger charge is -2.22. The maximum atomic E-state index is 11.5. The van der Waals surface area contributed by atoms with Gasteiger partial charge >= 0.3 is 12.1 Å². The van der Waals surface area contributed by atoms with Gasteiger partial charge in [-0.25, -0.2) is 9.59 Å². The van der Waals surface area contributed by atoms with E-state index in [1.807, 2.05) is 0 Å². The van der Waals surface area contributed by atoms with Gasteiger partial charge in [-0.1, -0.05) is 12.7 Å². The van der Waals surface area contributed by atoms with Gasteiger partial charge in [-0.15, -0.1) is 0 Å². The van der Waals surface area contributed by atoms with E-state index in [2.05, 4.69) is 11.9 Å². The molecule has 0 saturated carbocycles. The van der Waals surface area contributed by atoms with Crippen LogP contribution in [0.1, 0.15) is 27.2 Å². The summed E-state index contributed by atoms with van der Waals surface area (Å²) >= 11 is 0. The first kappa shape index (κ1) is 16.1. The van der Waals surface area contributed by atoms with Crippen LogP contribution in [-0.4, -0.2) is 36.6 Å². The fourth-order valence-electron chi connectivity index (χ4n) is 1.00. The van der Waals surface area contributed by atoms with E-state index in [9.17, 15) is 14.4 Å².